The number of rotatable bonds is 5. The molecule has 5 heteroatoms. The van der Waals surface area contributed by atoms with E-state index in [0.717, 1.165) is 5.56 Å². The van der Waals surface area contributed by atoms with Crippen molar-refractivity contribution in [1.29, 1.82) is 5.26 Å². The number of hydrogen-bond acceptors (Lipinski definition) is 4. The van der Waals surface area contributed by atoms with E-state index in [1.54, 1.807) is 30.3 Å². The molecule has 0 aromatic heterocycles. The molecule has 0 fully saturated rings. The van der Waals surface area contributed by atoms with E-state index in [1.165, 1.54) is 19.2 Å². The normalized spacial score (nSPS) is 9.71. The minimum Gasteiger partial charge on any atom is -0.495 e. The lowest BCUT2D eigenvalue weighted by Gasteiger charge is -2.09. The number of methoxy groups -OCH3 is 1. The molecule has 2 aromatic carbocycles. The van der Waals surface area contributed by atoms with Crippen LogP contribution in [0.3, 0.4) is 0 Å². The first-order chi connectivity index (χ1) is 10.1. The monoisotopic (exact) mass is 283 g/mol. The van der Waals surface area contributed by atoms with E-state index in [0.29, 0.717) is 17.1 Å². The molecule has 0 aliphatic rings. The maximum Gasteiger partial charge on any atom is 0.335 e. The maximum absolute atomic E-state index is 10.9. The van der Waals surface area contributed by atoms with Crippen molar-refractivity contribution in [2.75, 3.05) is 7.11 Å². The molecule has 2 aromatic rings. The number of nitrogens with zero attached hydrogens (tertiary/aromatic N) is 1. The summed E-state index contributed by atoms with van der Waals surface area (Å²) in [4.78, 5) is 10.9. The molecular formula is C16H13NO4. The van der Waals surface area contributed by atoms with Crippen molar-refractivity contribution in [2.24, 2.45) is 0 Å². The fourth-order valence-corrected chi connectivity index (χ4v) is 1.80. The number of carboxylic acid groups (broad SMARTS) is 1. The van der Waals surface area contributed by atoms with E-state index in [-0.39, 0.29) is 12.2 Å². The van der Waals surface area contributed by atoms with E-state index in [9.17, 15) is 4.79 Å². The molecule has 0 heterocycles. The second-order valence-electron chi connectivity index (χ2n) is 4.27. The third-order valence-corrected chi connectivity index (χ3v) is 2.87. The lowest BCUT2D eigenvalue weighted by molar-refractivity contribution is 0.0696. The smallest absolute Gasteiger partial charge is 0.335 e. The molecule has 0 aliphatic carbocycles. The van der Waals surface area contributed by atoms with Gasteiger partial charge in [-0.05, 0) is 35.9 Å². The van der Waals surface area contributed by atoms with Gasteiger partial charge in [-0.1, -0.05) is 12.1 Å². The topological polar surface area (TPSA) is 79.6 Å². The van der Waals surface area contributed by atoms with Crippen LogP contribution in [0.1, 0.15) is 21.5 Å². The van der Waals surface area contributed by atoms with Gasteiger partial charge in [0, 0.05) is 0 Å². The zero-order valence-electron chi connectivity index (χ0n) is 11.4. The molecule has 0 saturated carbocycles. The predicted octanol–water partition coefficient (Wildman–Crippen LogP) is 2.84. The molecule has 106 valence electrons. The van der Waals surface area contributed by atoms with E-state index < -0.39 is 5.97 Å². The molecule has 1 N–H and O–H groups in total. The summed E-state index contributed by atoms with van der Waals surface area (Å²) in [7, 11) is 1.50. The molecule has 0 atom stereocenters. The summed E-state index contributed by atoms with van der Waals surface area (Å²) >= 11 is 0. The molecule has 0 unspecified atom stereocenters. The Morgan fingerprint density at radius 1 is 1.29 bits per heavy atom. The second-order valence-corrected chi connectivity index (χ2v) is 4.27. The molecule has 0 amide bonds. The molecular weight excluding hydrogens is 270 g/mol. The molecule has 5 nitrogen and oxygen atoms in total. The third kappa shape index (κ3) is 3.51. The lowest BCUT2D eigenvalue weighted by Crippen LogP contribution is -2.00. The van der Waals surface area contributed by atoms with Gasteiger partial charge in [-0.15, -0.1) is 0 Å². The van der Waals surface area contributed by atoms with Gasteiger partial charge < -0.3 is 14.6 Å². The highest BCUT2D eigenvalue weighted by Crippen LogP contribution is 2.21. The summed E-state index contributed by atoms with van der Waals surface area (Å²) in [6.45, 7) is 0.255. The molecule has 21 heavy (non-hydrogen) atoms. The zero-order chi connectivity index (χ0) is 15.2. The summed E-state index contributed by atoms with van der Waals surface area (Å²) in [6.07, 6.45) is 0. The van der Waals surface area contributed by atoms with Crippen LogP contribution in [-0.4, -0.2) is 18.2 Å². The number of aromatic carboxylic acids is 1. The fraction of sp³-hybridized carbons (Fsp3) is 0.125. The first kappa shape index (κ1) is 14.4. The summed E-state index contributed by atoms with van der Waals surface area (Å²) in [5.74, 6) is -0.0448. The minimum atomic E-state index is -1.000. The Bertz CT molecular complexity index is 704. The van der Waals surface area contributed by atoms with Gasteiger partial charge in [0.1, 0.15) is 24.2 Å². The van der Waals surface area contributed by atoms with Crippen LogP contribution < -0.4 is 9.47 Å². The van der Waals surface area contributed by atoms with Crippen LogP contribution in [0.25, 0.3) is 0 Å². The van der Waals surface area contributed by atoms with Crippen molar-refractivity contribution in [3.8, 4) is 17.6 Å². The number of carboxylic acids is 1. The van der Waals surface area contributed by atoms with Crippen LogP contribution in [0.2, 0.25) is 0 Å². The van der Waals surface area contributed by atoms with Crippen LogP contribution in [0.4, 0.5) is 0 Å². The van der Waals surface area contributed by atoms with Crippen molar-refractivity contribution in [1.82, 2.24) is 0 Å². The van der Waals surface area contributed by atoms with E-state index in [2.05, 4.69) is 0 Å². The van der Waals surface area contributed by atoms with Gasteiger partial charge in [-0.3, -0.25) is 0 Å². The number of nitriles is 1. The predicted molar refractivity (Wildman–Crippen MR) is 75.4 cm³/mol. The van der Waals surface area contributed by atoms with Gasteiger partial charge in [-0.25, -0.2) is 4.79 Å². The number of carbonyl (C=O) groups is 1. The Kier molecular flexibility index (Phi) is 4.42. The van der Waals surface area contributed by atoms with Gasteiger partial charge in [0.25, 0.3) is 0 Å². The van der Waals surface area contributed by atoms with E-state index in [4.69, 9.17) is 19.8 Å². The number of hydrogen-bond donors (Lipinski definition) is 1. The van der Waals surface area contributed by atoms with Crippen molar-refractivity contribution >= 4 is 5.97 Å². The zero-order valence-corrected chi connectivity index (χ0v) is 11.4. The largest absolute Gasteiger partial charge is 0.495 e. The maximum atomic E-state index is 10.9. The van der Waals surface area contributed by atoms with Crippen LogP contribution in [-0.2, 0) is 6.61 Å². The van der Waals surface area contributed by atoms with Crippen molar-refractivity contribution in [3.05, 3.63) is 59.2 Å². The van der Waals surface area contributed by atoms with Gasteiger partial charge in [-0.2, -0.15) is 5.26 Å². The Labute approximate surface area is 122 Å². The highest BCUT2D eigenvalue weighted by molar-refractivity contribution is 5.87. The molecule has 0 saturated heterocycles. The molecule has 0 radical (unpaired) electrons. The van der Waals surface area contributed by atoms with Crippen molar-refractivity contribution in [3.63, 3.8) is 0 Å². The van der Waals surface area contributed by atoms with Crippen LogP contribution >= 0.6 is 0 Å². The van der Waals surface area contributed by atoms with E-state index in [1.807, 2.05) is 6.07 Å². The van der Waals surface area contributed by atoms with E-state index >= 15 is 0 Å². The van der Waals surface area contributed by atoms with Crippen LogP contribution in [0, 0.1) is 11.3 Å². The Hall–Kier alpha value is -3.00. The fourth-order valence-electron chi connectivity index (χ4n) is 1.80. The van der Waals surface area contributed by atoms with Gasteiger partial charge in [0.15, 0.2) is 0 Å². The highest BCUT2D eigenvalue weighted by Gasteiger charge is 2.06. The summed E-state index contributed by atoms with van der Waals surface area (Å²) < 4.78 is 10.7. The SMILES string of the molecule is COc1cc(COc2cccc(C(=O)O)c2)ccc1C#N. The summed E-state index contributed by atoms with van der Waals surface area (Å²) in [5, 5.41) is 17.8. The van der Waals surface area contributed by atoms with Gasteiger partial charge in [0.05, 0.1) is 18.2 Å². The Balaban J connectivity index is 2.11. The summed E-state index contributed by atoms with van der Waals surface area (Å²) in [5.41, 5.74) is 1.45. The van der Waals surface area contributed by atoms with Crippen LogP contribution in [0.15, 0.2) is 42.5 Å². The van der Waals surface area contributed by atoms with Gasteiger partial charge in [0.2, 0.25) is 0 Å². The molecule has 0 spiro atoms. The third-order valence-electron chi connectivity index (χ3n) is 2.87. The molecule has 2 rings (SSSR count). The van der Waals surface area contributed by atoms with Gasteiger partial charge >= 0.3 is 5.97 Å². The average Bonchev–Trinajstić information content (AvgIpc) is 2.52. The standard InChI is InChI=1S/C16H13NO4/c1-20-15-7-11(5-6-13(15)9-17)10-21-14-4-2-3-12(8-14)16(18)19/h2-8H,10H2,1H3,(H,18,19). The van der Waals surface area contributed by atoms with Crippen LogP contribution in [0.5, 0.6) is 11.5 Å². The Morgan fingerprint density at radius 3 is 2.76 bits per heavy atom. The quantitative estimate of drug-likeness (QED) is 0.912. The average molecular weight is 283 g/mol. The lowest BCUT2D eigenvalue weighted by atomic mass is 10.1. The highest BCUT2D eigenvalue weighted by atomic mass is 16.5. The molecule has 0 bridgehead atoms. The first-order valence-corrected chi connectivity index (χ1v) is 6.17. The second kappa shape index (κ2) is 6.44. The first-order valence-electron chi connectivity index (χ1n) is 6.17. The Morgan fingerprint density at radius 2 is 2.10 bits per heavy atom. The minimum absolute atomic E-state index is 0.171. The summed E-state index contributed by atoms with van der Waals surface area (Å²) in [6, 6.07) is 13.5. The number of benzene rings is 2. The van der Waals surface area contributed by atoms with Crippen molar-refractivity contribution in [2.45, 2.75) is 6.61 Å². The molecule has 0 aliphatic heterocycles. The number of ether oxygens (including phenoxy) is 2. The van der Waals surface area contributed by atoms with Crippen molar-refractivity contribution < 1.29 is 19.4 Å².